The Hall–Kier alpha value is -0.320. The Morgan fingerprint density at radius 1 is 1.56 bits per heavy atom. The number of amides is 1. The van der Waals surface area contributed by atoms with Gasteiger partial charge in [0.1, 0.15) is 0 Å². The predicted octanol–water partition coefficient (Wildman–Crippen LogP) is 0.827. The Morgan fingerprint density at radius 2 is 2.31 bits per heavy atom. The summed E-state index contributed by atoms with van der Waals surface area (Å²) in [5.74, 6) is 0.111. The lowest BCUT2D eigenvalue weighted by molar-refractivity contribution is -0.124. The van der Waals surface area contributed by atoms with E-state index in [4.69, 9.17) is 5.11 Å². The molecule has 96 valence electrons. The number of carbonyl (C=O) groups is 1. The quantitative estimate of drug-likeness (QED) is 0.677. The second-order valence-corrected chi connectivity index (χ2v) is 4.28. The summed E-state index contributed by atoms with van der Waals surface area (Å²) < 4.78 is 0. The fraction of sp³-hybridized carbons (Fsp3) is 0.909. The average molecular weight is 251 g/mol. The third kappa shape index (κ3) is 5.68. The SMILES string of the molecule is CC(CCCO)NC(=O)C1CCCCN1.Cl. The van der Waals surface area contributed by atoms with Gasteiger partial charge in [-0.1, -0.05) is 6.42 Å². The molecule has 16 heavy (non-hydrogen) atoms. The molecule has 0 spiro atoms. The highest BCUT2D eigenvalue weighted by atomic mass is 35.5. The molecule has 1 saturated heterocycles. The maximum atomic E-state index is 11.7. The average Bonchev–Trinajstić information content (AvgIpc) is 2.27. The van der Waals surface area contributed by atoms with Crippen molar-refractivity contribution < 1.29 is 9.90 Å². The number of aliphatic hydroxyl groups excluding tert-OH is 1. The van der Waals surface area contributed by atoms with Gasteiger partial charge >= 0.3 is 0 Å². The third-order valence-electron chi connectivity index (χ3n) is 2.81. The van der Waals surface area contributed by atoms with Crippen LogP contribution < -0.4 is 10.6 Å². The van der Waals surface area contributed by atoms with Crippen molar-refractivity contribution in [1.82, 2.24) is 10.6 Å². The van der Waals surface area contributed by atoms with Gasteiger partial charge < -0.3 is 15.7 Å². The minimum Gasteiger partial charge on any atom is -0.396 e. The van der Waals surface area contributed by atoms with E-state index in [9.17, 15) is 4.79 Å². The number of halogens is 1. The lowest BCUT2D eigenvalue weighted by Crippen LogP contribution is -2.49. The minimum atomic E-state index is -0.00433. The number of piperidine rings is 1. The highest BCUT2D eigenvalue weighted by Gasteiger charge is 2.21. The number of hydrogen-bond acceptors (Lipinski definition) is 3. The molecule has 1 amide bonds. The van der Waals surface area contributed by atoms with E-state index >= 15 is 0 Å². The largest absolute Gasteiger partial charge is 0.396 e. The highest BCUT2D eigenvalue weighted by Crippen LogP contribution is 2.07. The molecule has 1 aliphatic heterocycles. The van der Waals surface area contributed by atoms with Crippen molar-refractivity contribution in [2.45, 2.75) is 51.1 Å². The second kappa shape index (κ2) is 8.79. The van der Waals surface area contributed by atoms with Crippen LogP contribution >= 0.6 is 12.4 Å². The van der Waals surface area contributed by atoms with Gasteiger partial charge in [0.15, 0.2) is 0 Å². The van der Waals surface area contributed by atoms with E-state index in [1.54, 1.807) is 0 Å². The van der Waals surface area contributed by atoms with Gasteiger partial charge in [-0.15, -0.1) is 12.4 Å². The van der Waals surface area contributed by atoms with Crippen molar-refractivity contribution in [1.29, 1.82) is 0 Å². The van der Waals surface area contributed by atoms with Gasteiger partial charge in [0.25, 0.3) is 0 Å². The van der Waals surface area contributed by atoms with E-state index in [-0.39, 0.29) is 37.0 Å². The van der Waals surface area contributed by atoms with Gasteiger partial charge in [0.2, 0.25) is 5.91 Å². The molecule has 4 nitrogen and oxygen atoms in total. The first-order valence-corrected chi connectivity index (χ1v) is 5.88. The first-order chi connectivity index (χ1) is 7.24. The Labute approximate surface area is 104 Å². The van der Waals surface area contributed by atoms with Crippen LogP contribution in [0.5, 0.6) is 0 Å². The van der Waals surface area contributed by atoms with Gasteiger partial charge in [-0.3, -0.25) is 4.79 Å². The van der Waals surface area contributed by atoms with E-state index in [0.717, 1.165) is 32.2 Å². The zero-order valence-electron chi connectivity index (χ0n) is 9.87. The zero-order chi connectivity index (χ0) is 11.1. The van der Waals surface area contributed by atoms with Crippen LogP contribution in [0.3, 0.4) is 0 Å². The van der Waals surface area contributed by atoms with Gasteiger partial charge in [-0.05, 0) is 39.2 Å². The summed E-state index contributed by atoms with van der Waals surface area (Å²) in [6, 6.07) is 0.156. The molecule has 0 bridgehead atoms. The smallest absolute Gasteiger partial charge is 0.237 e. The predicted molar refractivity (Wildman–Crippen MR) is 66.8 cm³/mol. The van der Waals surface area contributed by atoms with Crippen LogP contribution in [-0.2, 0) is 4.79 Å². The molecule has 0 aromatic carbocycles. The van der Waals surface area contributed by atoms with E-state index in [1.165, 1.54) is 6.42 Å². The van der Waals surface area contributed by atoms with Crippen molar-refractivity contribution in [3.8, 4) is 0 Å². The standard InChI is InChI=1S/C11H22N2O2.ClH/c1-9(5-4-8-14)13-11(15)10-6-2-3-7-12-10;/h9-10,12,14H,2-8H2,1H3,(H,13,15);1H. The Balaban J connectivity index is 0.00000225. The summed E-state index contributed by atoms with van der Waals surface area (Å²) >= 11 is 0. The van der Waals surface area contributed by atoms with Crippen LogP contribution in [0.4, 0.5) is 0 Å². The molecule has 1 rings (SSSR count). The van der Waals surface area contributed by atoms with Crippen LogP contribution in [0.25, 0.3) is 0 Å². The van der Waals surface area contributed by atoms with Crippen LogP contribution in [0.15, 0.2) is 0 Å². The van der Waals surface area contributed by atoms with Crippen LogP contribution in [0, 0.1) is 0 Å². The molecular formula is C11H23ClN2O2. The summed E-state index contributed by atoms with van der Waals surface area (Å²) in [5.41, 5.74) is 0. The molecule has 2 unspecified atom stereocenters. The van der Waals surface area contributed by atoms with Crippen molar-refractivity contribution in [3.63, 3.8) is 0 Å². The maximum Gasteiger partial charge on any atom is 0.237 e. The first-order valence-electron chi connectivity index (χ1n) is 5.88. The topological polar surface area (TPSA) is 61.4 Å². The van der Waals surface area contributed by atoms with E-state index < -0.39 is 0 Å². The van der Waals surface area contributed by atoms with Gasteiger partial charge in [-0.25, -0.2) is 0 Å². The van der Waals surface area contributed by atoms with Crippen molar-refractivity contribution >= 4 is 18.3 Å². The van der Waals surface area contributed by atoms with Crippen molar-refractivity contribution in [3.05, 3.63) is 0 Å². The third-order valence-corrected chi connectivity index (χ3v) is 2.81. The summed E-state index contributed by atoms with van der Waals surface area (Å²) in [4.78, 5) is 11.7. The van der Waals surface area contributed by atoms with Crippen LogP contribution in [-0.4, -0.2) is 36.2 Å². The molecule has 0 radical (unpaired) electrons. The molecule has 1 fully saturated rings. The van der Waals surface area contributed by atoms with Gasteiger partial charge in [0, 0.05) is 12.6 Å². The lowest BCUT2D eigenvalue weighted by Gasteiger charge is -2.24. The van der Waals surface area contributed by atoms with Gasteiger partial charge in [-0.2, -0.15) is 0 Å². The second-order valence-electron chi connectivity index (χ2n) is 4.28. The van der Waals surface area contributed by atoms with Crippen LogP contribution in [0.1, 0.15) is 39.0 Å². The summed E-state index contributed by atoms with van der Waals surface area (Å²) in [5, 5.41) is 14.9. The number of rotatable bonds is 5. The zero-order valence-corrected chi connectivity index (χ0v) is 10.7. The summed E-state index contributed by atoms with van der Waals surface area (Å²) in [6.07, 6.45) is 4.84. The first kappa shape index (κ1) is 15.7. The Kier molecular flexibility index (Phi) is 8.61. The van der Waals surface area contributed by atoms with E-state index in [0.29, 0.717) is 0 Å². The molecule has 0 aliphatic carbocycles. The van der Waals surface area contributed by atoms with Crippen LogP contribution in [0.2, 0.25) is 0 Å². The molecule has 0 aromatic heterocycles. The summed E-state index contributed by atoms with van der Waals surface area (Å²) in [7, 11) is 0. The molecule has 1 heterocycles. The van der Waals surface area contributed by atoms with E-state index in [2.05, 4.69) is 10.6 Å². The Morgan fingerprint density at radius 3 is 2.88 bits per heavy atom. The minimum absolute atomic E-state index is 0. The number of aliphatic hydroxyl groups is 1. The molecule has 0 saturated carbocycles. The van der Waals surface area contributed by atoms with Gasteiger partial charge in [0.05, 0.1) is 6.04 Å². The van der Waals surface area contributed by atoms with Crippen molar-refractivity contribution in [2.75, 3.05) is 13.2 Å². The molecule has 2 atom stereocenters. The highest BCUT2D eigenvalue weighted by molar-refractivity contribution is 5.85. The van der Waals surface area contributed by atoms with E-state index in [1.807, 2.05) is 6.92 Å². The molecule has 1 aliphatic rings. The molecule has 0 aromatic rings. The monoisotopic (exact) mass is 250 g/mol. The number of carbonyl (C=O) groups excluding carboxylic acids is 1. The maximum absolute atomic E-state index is 11.7. The molecule has 5 heteroatoms. The normalized spacial score (nSPS) is 22.0. The fourth-order valence-corrected chi connectivity index (χ4v) is 1.89. The molecule has 3 N–H and O–H groups in total. The lowest BCUT2D eigenvalue weighted by atomic mass is 10.0. The fourth-order valence-electron chi connectivity index (χ4n) is 1.89. The number of nitrogens with one attached hydrogen (secondary N) is 2. The molecular weight excluding hydrogens is 228 g/mol. The summed E-state index contributed by atoms with van der Waals surface area (Å²) in [6.45, 7) is 3.13. The van der Waals surface area contributed by atoms with Crippen molar-refractivity contribution in [2.24, 2.45) is 0 Å². The number of hydrogen-bond donors (Lipinski definition) is 3. The Bertz CT molecular complexity index is 196.